The third-order valence-electron chi connectivity index (χ3n) is 4.66. The molecule has 0 spiro atoms. The number of hydrogen-bond donors (Lipinski definition) is 1. The Labute approximate surface area is 152 Å². The van der Waals surface area contributed by atoms with Gasteiger partial charge in [0.05, 0.1) is 0 Å². The summed E-state index contributed by atoms with van der Waals surface area (Å²) in [6.45, 7) is 2.68. The third kappa shape index (κ3) is 3.77. The SMILES string of the molecule is O=C(C=Cc1nc2ccccc2o1)NCC1CCN(c2ccccc2)C1. The van der Waals surface area contributed by atoms with Crippen LogP contribution in [0, 0.1) is 5.92 Å². The molecule has 2 aromatic carbocycles. The Hall–Kier alpha value is -3.08. The fraction of sp³-hybridized carbons (Fsp3) is 0.238. The van der Waals surface area contributed by atoms with E-state index in [1.165, 1.54) is 11.8 Å². The molecule has 1 atom stereocenters. The van der Waals surface area contributed by atoms with Crippen LogP contribution in [0.1, 0.15) is 12.3 Å². The second kappa shape index (κ2) is 7.44. The number of para-hydroxylation sites is 3. The first kappa shape index (κ1) is 16.4. The van der Waals surface area contributed by atoms with Crippen LogP contribution in [0.5, 0.6) is 0 Å². The predicted molar refractivity (Wildman–Crippen MR) is 103 cm³/mol. The maximum absolute atomic E-state index is 12.1. The summed E-state index contributed by atoms with van der Waals surface area (Å²) < 4.78 is 5.57. The topological polar surface area (TPSA) is 58.4 Å². The van der Waals surface area contributed by atoms with E-state index in [1.807, 2.05) is 30.3 Å². The minimum absolute atomic E-state index is 0.120. The number of amides is 1. The number of fused-ring (bicyclic) bond motifs is 1. The second-order valence-electron chi connectivity index (χ2n) is 6.53. The lowest BCUT2D eigenvalue weighted by Crippen LogP contribution is -2.29. The molecule has 2 heterocycles. The van der Waals surface area contributed by atoms with Gasteiger partial charge in [-0.3, -0.25) is 4.79 Å². The molecule has 1 N–H and O–H groups in total. The van der Waals surface area contributed by atoms with Crippen LogP contribution in [0.2, 0.25) is 0 Å². The van der Waals surface area contributed by atoms with Crippen LogP contribution in [0.4, 0.5) is 5.69 Å². The molecule has 5 nitrogen and oxygen atoms in total. The van der Waals surface area contributed by atoms with Crippen molar-refractivity contribution in [3.8, 4) is 0 Å². The molecular formula is C21H21N3O2. The van der Waals surface area contributed by atoms with Gasteiger partial charge in [-0.2, -0.15) is 0 Å². The molecule has 1 unspecified atom stereocenters. The van der Waals surface area contributed by atoms with Crippen LogP contribution in [0.15, 0.2) is 65.1 Å². The standard InChI is InChI=1S/C21H21N3O2/c25-20(10-11-21-23-18-8-4-5-9-19(18)26-21)22-14-16-12-13-24(15-16)17-6-2-1-3-7-17/h1-11,16H,12-15H2,(H,22,25). The van der Waals surface area contributed by atoms with Gasteiger partial charge in [0.25, 0.3) is 0 Å². The van der Waals surface area contributed by atoms with E-state index in [-0.39, 0.29) is 5.91 Å². The lowest BCUT2D eigenvalue weighted by molar-refractivity contribution is -0.116. The first-order valence-corrected chi connectivity index (χ1v) is 8.89. The Morgan fingerprint density at radius 3 is 2.85 bits per heavy atom. The van der Waals surface area contributed by atoms with E-state index in [0.29, 0.717) is 18.4 Å². The van der Waals surface area contributed by atoms with Crippen molar-refractivity contribution in [2.45, 2.75) is 6.42 Å². The molecule has 1 fully saturated rings. The van der Waals surface area contributed by atoms with Gasteiger partial charge in [0.2, 0.25) is 11.8 Å². The number of aromatic nitrogens is 1. The summed E-state index contributed by atoms with van der Waals surface area (Å²) in [6.07, 6.45) is 4.18. The Kier molecular flexibility index (Phi) is 4.69. The molecule has 26 heavy (non-hydrogen) atoms. The molecule has 0 saturated carbocycles. The molecule has 132 valence electrons. The predicted octanol–water partition coefficient (Wildman–Crippen LogP) is 3.48. The quantitative estimate of drug-likeness (QED) is 0.718. The first-order valence-electron chi connectivity index (χ1n) is 8.89. The van der Waals surface area contributed by atoms with Crippen LogP contribution in [-0.4, -0.2) is 30.5 Å². The molecule has 0 aliphatic carbocycles. The molecule has 1 amide bonds. The highest BCUT2D eigenvalue weighted by Gasteiger charge is 2.22. The third-order valence-corrected chi connectivity index (χ3v) is 4.66. The molecule has 5 heteroatoms. The highest BCUT2D eigenvalue weighted by atomic mass is 16.3. The molecule has 1 aliphatic rings. The first-order chi connectivity index (χ1) is 12.8. The fourth-order valence-corrected chi connectivity index (χ4v) is 3.28. The zero-order valence-electron chi connectivity index (χ0n) is 14.5. The van der Waals surface area contributed by atoms with Gasteiger partial charge in [0.15, 0.2) is 5.58 Å². The minimum Gasteiger partial charge on any atom is -0.437 e. The van der Waals surface area contributed by atoms with E-state index in [2.05, 4.69) is 39.5 Å². The van der Waals surface area contributed by atoms with Gasteiger partial charge in [0.1, 0.15) is 5.52 Å². The summed E-state index contributed by atoms with van der Waals surface area (Å²) in [5.41, 5.74) is 2.76. The van der Waals surface area contributed by atoms with Crippen molar-refractivity contribution in [3.63, 3.8) is 0 Å². The second-order valence-corrected chi connectivity index (χ2v) is 6.53. The van der Waals surface area contributed by atoms with Crippen molar-refractivity contribution >= 4 is 28.8 Å². The van der Waals surface area contributed by atoms with Gasteiger partial charge in [-0.1, -0.05) is 30.3 Å². The summed E-state index contributed by atoms with van der Waals surface area (Å²) in [5, 5.41) is 2.98. The highest BCUT2D eigenvalue weighted by molar-refractivity contribution is 5.91. The number of anilines is 1. The van der Waals surface area contributed by atoms with Crippen LogP contribution >= 0.6 is 0 Å². The molecule has 1 saturated heterocycles. The van der Waals surface area contributed by atoms with Crippen molar-refractivity contribution in [2.24, 2.45) is 5.92 Å². The van der Waals surface area contributed by atoms with Crippen molar-refractivity contribution in [1.82, 2.24) is 10.3 Å². The number of oxazole rings is 1. The maximum Gasteiger partial charge on any atom is 0.244 e. The van der Waals surface area contributed by atoms with Crippen molar-refractivity contribution in [3.05, 3.63) is 66.6 Å². The highest BCUT2D eigenvalue weighted by Crippen LogP contribution is 2.23. The monoisotopic (exact) mass is 347 g/mol. The van der Waals surface area contributed by atoms with Crippen molar-refractivity contribution in [2.75, 3.05) is 24.5 Å². The van der Waals surface area contributed by atoms with Crippen LogP contribution in [-0.2, 0) is 4.79 Å². The summed E-state index contributed by atoms with van der Waals surface area (Å²) in [4.78, 5) is 18.8. The van der Waals surface area contributed by atoms with Crippen molar-refractivity contribution in [1.29, 1.82) is 0 Å². The summed E-state index contributed by atoms with van der Waals surface area (Å²) >= 11 is 0. The zero-order chi connectivity index (χ0) is 17.8. The average Bonchev–Trinajstić information content (AvgIpc) is 3.32. The number of nitrogens with zero attached hydrogens (tertiary/aromatic N) is 2. The molecule has 3 aromatic rings. The van der Waals surface area contributed by atoms with E-state index in [0.717, 1.165) is 30.6 Å². The van der Waals surface area contributed by atoms with Gasteiger partial charge in [-0.05, 0) is 36.6 Å². The van der Waals surface area contributed by atoms with Crippen LogP contribution in [0.25, 0.3) is 17.2 Å². The van der Waals surface area contributed by atoms with E-state index >= 15 is 0 Å². The molecule has 4 rings (SSSR count). The Bertz CT molecular complexity index is 884. The van der Waals surface area contributed by atoms with Gasteiger partial charge in [0, 0.05) is 37.5 Å². The van der Waals surface area contributed by atoms with Gasteiger partial charge in [-0.25, -0.2) is 4.98 Å². The summed E-state index contributed by atoms with van der Waals surface area (Å²) in [7, 11) is 0. The molecule has 1 aromatic heterocycles. The number of benzene rings is 2. The van der Waals surface area contributed by atoms with E-state index in [9.17, 15) is 4.79 Å². The lowest BCUT2D eigenvalue weighted by atomic mass is 10.1. The van der Waals surface area contributed by atoms with Gasteiger partial charge < -0.3 is 14.6 Å². The molecule has 0 radical (unpaired) electrons. The Morgan fingerprint density at radius 1 is 1.19 bits per heavy atom. The largest absolute Gasteiger partial charge is 0.437 e. The Morgan fingerprint density at radius 2 is 2.00 bits per heavy atom. The summed E-state index contributed by atoms with van der Waals surface area (Å²) in [5.74, 6) is 0.791. The van der Waals surface area contributed by atoms with Gasteiger partial charge in [-0.15, -0.1) is 0 Å². The van der Waals surface area contributed by atoms with E-state index < -0.39 is 0 Å². The van der Waals surface area contributed by atoms with E-state index in [4.69, 9.17) is 4.42 Å². The smallest absolute Gasteiger partial charge is 0.244 e. The number of nitrogens with one attached hydrogen (secondary N) is 1. The van der Waals surface area contributed by atoms with E-state index in [1.54, 1.807) is 6.08 Å². The average molecular weight is 347 g/mol. The van der Waals surface area contributed by atoms with Crippen LogP contribution < -0.4 is 10.2 Å². The van der Waals surface area contributed by atoms with Crippen molar-refractivity contribution < 1.29 is 9.21 Å². The van der Waals surface area contributed by atoms with Gasteiger partial charge >= 0.3 is 0 Å². The normalized spacial score (nSPS) is 17.2. The lowest BCUT2D eigenvalue weighted by Gasteiger charge is -2.18. The molecular weight excluding hydrogens is 326 g/mol. The number of carbonyl (C=O) groups is 1. The number of rotatable bonds is 5. The fourth-order valence-electron chi connectivity index (χ4n) is 3.28. The summed E-state index contributed by atoms with van der Waals surface area (Å²) in [6, 6.07) is 17.9. The Balaban J connectivity index is 1.27. The molecule has 0 bridgehead atoms. The number of hydrogen-bond acceptors (Lipinski definition) is 4. The maximum atomic E-state index is 12.1. The number of carbonyl (C=O) groups excluding carboxylic acids is 1. The zero-order valence-corrected chi connectivity index (χ0v) is 14.5. The minimum atomic E-state index is -0.120. The molecule has 1 aliphatic heterocycles. The van der Waals surface area contributed by atoms with Crippen LogP contribution in [0.3, 0.4) is 0 Å².